The van der Waals surface area contributed by atoms with Crippen LogP contribution in [0.4, 0.5) is 4.79 Å². The van der Waals surface area contributed by atoms with E-state index >= 15 is 0 Å². The molecule has 0 radical (unpaired) electrons. The Morgan fingerprint density at radius 2 is 1.67 bits per heavy atom. The van der Waals surface area contributed by atoms with Gasteiger partial charge in [-0.05, 0) is 62.1 Å². The average Bonchev–Trinajstić information content (AvgIpc) is 2.63. The first-order chi connectivity index (χ1) is 11.6. The number of hydrogen-bond acceptors (Lipinski definition) is 3. The van der Waals surface area contributed by atoms with Gasteiger partial charge in [0.1, 0.15) is 0 Å². The Morgan fingerprint density at radius 3 is 2.25 bits per heavy atom. The minimum absolute atomic E-state index is 0.00181. The van der Waals surface area contributed by atoms with E-state index in [9.17, 15) is 9.59 Å². The van der Waals surface area contributed by atoms with Gasteiger partial charge in [0.05, 0.1) is 5.92 Å². The van der Waals surface area contributed by atoms with Crippen molar-refractivity contribution in [3.8, 4) is 0 Å². The highest BCUT2D eigenvalue weighted by Gasteiger charge is 2.29. The van der Waals surface area contributed by atoms with Gasteiger partial charge in [-0.25, -0.2) is 4.79 Å². The zero-order valence-electron chi connectivity index (χ0n) is 13.9. The zero-order valence-corrected chi connectivity index (χ0v) is 13.9. The van der Waals surface area contributed by atoms with E-state index in [2.05, 4.69) is 22.4 Å². The molecule has 1 aromatic heterocycles. The molecule has 0 bridgehead atoms. The van der Waals surface area contributed by atoms with Gasteiger partial charge in [-0.1, -0.05) is 0 Å². The van der Waals surface area contributed by atoms with Crippen molar-refractivity contribution in [1.29, 1.82) is 0 Å². The van der Waals surface area contributed by atoms with E-state index < -0.39 is 5.97 Å². The van der Waals surface area contributed by atoms with E-state index in [-0.39, 0.29) is 18.0 Å². The zero-order chi connectivity index (χ0) is 16.9. The van der Waals surface area contributed by atoms with E-state index in [0.717, 1.165) is 38.8 Å². The highest BCUT2D eigenvalue weighted by molar-refractivity contribution is 5.75. The van der Waals surface area contributed by atoms with E-state index in [4.69, 9.17) is 5.11 Å². The van der Waals surface area contributed by atoms with Crippen LogP contribution in [0.1, 0.15) is 50.0 Å². The topological polar surface area (TPSA) is 82.5 Å². The molecule has 2 amide bonds. The number of carboxylic acids is 1. The number of aliphatic carboxylic acids is 1. The van der Waals surface area contributed by atoms with Crippen molar-refractivity contribution in [3.63, 3.8) is 0 Å². The monoisotopic (exact) mass is 331 g/mol. The van der Waals surface area contributed by atoms with Crippen LogP contribution >= 0.6 is 0 Å². The van der Waals surface area contributed by atoms with E-state index in [1.165, 1.54) is 5.56 Å². The summed E-state index contributed by atoms with van der Waals surface area (Å²) in [6.45, 7) is 1.53. The maximum Gasteiger partial charge on any atom is 0.317 e. The van der Waals surface area contributed by atoms with Crippen molar-refractivity contribution in [2.45, 2.75) is 50.5 Å². The number of carbonyl (C=O) groups excluding carboxylic acids is 1. The lowest BCUT2D eigenvalue weighted by atomic mass is 9.86. The molecule has 1 aromatic rings. The number of piperidine rings is 1. The minimum Gasteiger partial charge on any atom is -0.481 e. The fourth-order valence-electron chi connectivity index (χ4n) is 3.80. The Kier molecular flexibility index (Phi) is 5.33. The number of carboxylic acid groups (broad SMARTS) is 1. The molecule has 24 heavy (non-hydrogen) atoms. The minimum atomic E-state index is -0.710. The van der Waals surface area contributed by atoms with Crippen LogP contribution in [0.3, 0.4) is 0 Å². The first-order valence-electron chi connectivity index (χ1n) is 8.81. The fourth-order valence-corrected chi connectivity index (χ4v) is 3.80. The summed E-state index contributed by atoms with van der Waals surface area (Å²) in [5, 5.41) is 12.1. The van der Waals surface area contributed by atoms with Crippen molar-refractivity contribution in [1.82, 2.24) is 15.2 Å². The Hall–Kier alpha value is -2.11. The number of likely N-dealkylation sites (tertiary alicyclic amines) is 1. The van der Waals surface area contributed by atoms with Crippen LogP contribution in [0, 0.1) is 5.92 Å². The number of rotatable bonds is 3. The van der Waals surface area contributed by atoms with Gasteiger partial charge < -0.3 is 15.3 Å². The van der Waals surface area contributed by atoms with Gasteiger partial charge in [0.15, 0.2) is 0 Å². The van der Waals surface area contributed by atoms with Crippen LogP contribution in [-0.2, 0) is 4.79 Å². The molecular formula is C18H25N3O3. The summed E-state index contributed by atoms with van der Waals surface area (Å²) in [6.07, 6.45) is 8.43. The number of amides is 2. The molecule has 1 aliphatic heterocycles. The van der Waals surface area contributed by atoms with Gasteiger partial charge in [-0.2, -0.15) is 0 Å². The maximum absolute atomic E-state index is 12.4. The molecule has 130 valence electrons. The molecular weight excluding hydrogens is 306 g/mol. The highest BCUT2D eigenvalue weighted by atomic mass is 16.4. The standard InChI is InChI=1S/C18H25N3O3/c22-17(23)15-1-3-16(4-2-15)20-18(24)21-11-7-14(8-12-21)13-5-9-19-10-6-13/h5-6,9-10,14-16H,1-4,7-8,11-12H2,(H,20,24)(H,22,23). The lowest BCUT2D eigenvalue weighted by Crippen LogP contribution is -2.48. The Morgan fingerprint density at radius 1 is 1.04 bits per heavy atom. The molecule has 6 nitrogen and oxygen atoms in total. The number of hydrogen-bond donors (Lipinski definition) is 2. The van der Waals surface area contributed by atoms with Crippen LogP contribution in [0.5, 0.6) is 0 Å². The molecule has 1 aliphatic carbocycles. The van der Waals surface area contributed by atoms with Crippen LogP contribution in [-0.4, -0.2) is 46.1 Å². The number of pyridine rings is 1. The van der Waals surface area contributed by atoms with Crippen LogP contribution in [0.25, 0.3) is 0 Å². The van der Waals surface area contributed by atoms with Gasteiger partial charge in [0.2, 0.25) is 0 Å². The second kappa shape index (κ2) is 7.64. The van der Waals surface area contributed by atoms with Gasteiger partial charge in [0, 0.05) is 31.5 Å². The number of aromatic nitrogens is 1. The number of carbonyl (C=O) groups is 2. The molecule has 0 unspecified atom stereocenters. The molecule has 1 saturated heterocycles. The van der Waals surface area contributed by atoms with Gasteiger partial charge in [0.25, 0.3) is 0 Å². The third-order valence-electron chi connectivity index (χ3n) is 5.36. The quantitative estimate of drug-likeness (QED) is 0.892. The Labute approximate surface area is 142 Å². The van der Waals surface area contributed by atoms with Crippen LogP contribution in [0.2, 0.25) is 0 Å². The maximum atomic E-state index is 12.4. The molecule has 2 fully saturated rings. The summed E-state index contributed by atoms with van der Waals surface area (Å²) in [5.74, 6) is -0.449. The summed E-state index contributed by atoms with van der Waals surface area (Å²) >= 11 is 0. The van der Waals surface area contributed by atoms with Crippen molar-refractivity contribution in [2.75, 3.05) is 13.1 Å². The summed E-state index contributed by atoms with van der Waals surface area (Å²) < 4.78 is 0. The number of nitrogens with zero attached hydrogens (tertiary/aromatic N) is 2. The molecule has 2 heterocycles. The second-order valence-electron chi connectivity index (χ2n) is 6.88. The third kappa shape index (κ3) is 4.04. The molecule has 0 atom stereocenters. The molecule has 6 heteroatoms. The predicted molar refractivity (Wildman–Crippen MR) is 89.7 cm³/mol. The van der Waals surface area contributed by atoms with Crippen LogP contribution in [0.15, 0.2) is 24.5 Å². The lowest BCUT2D eigenvalue weighted by Gasteiger charge is -2.34. The van der Waals surface area contributed by atoms with Gasteiger partial charge in [-0.3, -0.25) is 9.78 Å². The highest BCUT2D eigenvalue weighted by Crippen LogP contribution is 2.28. The van der Waals surface area contributed by atoms with Crippen molar-refractivity contribution in [3.05, 3.63) is 30.1 Å². The first kappa shape index (κ1) is 16.7. The van der Waals surface area contributed by atoms with Crippen molar-refractivity contribution in [2.24, 2.45) is 5.92 Å². The molecule has 2 aliphatic rings. The first-order valence-corrected chi connectivity index (χ1v) is 8.81. The van der Waals surface area contributed by atoms with Crippen LogP contribution < -0.4 is 5.32 Å². The fraction of sp³-hybridized carbons (Fsp3) is 0.611. The van der Waals surface area contributed by atoms with Crippen molar-refractivity contribution < 1.29 is 14.7 Å². The summed E-state index contributed by atoms with van der Waals surface area (Å²) in [4.78, 5) is 29.3. The van der Waals surface area contributed by atoms with Gasteiger partial charge >= 0.3 is 12.0 Å². The SMILES string of the molecule is O=C(O)C1CCC(NC(=O)N2CCC(c3ccncc3)CC2)CC1. The number of urea groups is 1. The predicted octanol–water partition coefficient (Wildman–Crippen LogP) is 2.61. The normalized spacial score (nSPS) is 25.2. The average molecular weight is 331 g/mol. The van der Waals surface area contributed by atoms with E-state index in [1.54, 1.807) is 0 Å². The van der Waals surface area contributed by atoms with E-state index in [1.807, 2.05) is 17.3 Å². The Bertz CT molecular complexity index is 562. The molecule has 2 N–H and O–H groups in total. The molecule has 1 saturated carbocycles. The summed E-state index contributed by atoms with van der Waals surface area (Å²) in [7, 11) is 0. The second-order valence-corrected chi connectivity index (χ2v) is 6.88. The van der Waals surface area contributed by atoms with Crippen molar-refractivity contribution >= 4 is 12.0 Å². The Balaban J connectivity index is 1.43. The molecule has 0 aromatic carbocycles. The number of nitrogens with one attached hydrogen (secondary N) is 1. The molecule has 0 spiro atoms. The molecule has 3 rings (SSSR count). The lowest BCUT2D eigenvalue weighted by molar-refractivity contribution is -0.142. The van der Waals surface area contributed by atoms with E-state index in [0.29, 0.717) is 18.8 Å². The summed E-state index contributed by atoms with van der Waals surface area (Å²) in [6, 6.07) is 4.23. The van der Waals surface area contributed by atoms with Gasteiger partial charge in [-0.15, -0.1) is 0 Å². The smallest absolute Gasteiger partial charge is 0.317 e. The third-order valence-corrected chi connectivity index (χ3v) is 5.36. The largest absolute Gasteiger partial charge is 0.481 e. The summed E-state index contributed by atoms with van der Waals surface area (Å²) in [5.41, 5.74) is 1.30.